The topological polar surface area (TPSA) is 129 Å². The number of fused-ring (bicyclic) bond motifs is 2. The third kappa shape index (κ3) is 7.25. The van der Waals surface area contributed by atoms with Gasteiger partial charge in [0.25, 0.3) is 5.91 Å². The third-order valence-electron chi connectivity index (χ3n) is 10.9. The summed E-state index contributed by atoms with van der Waals surface area (Å²) in [5, 5.41) is 12.3. The van der Waals surface area contributed by atoms with Gasteiger partial charge in [0, 0.05) is 50.6 Å². The molecule has 2 N–H and O–H groups in total. The molecule has 2 fully saturated rings. The zero-order valence-electron chi connectivity index (χ0n) is 30.5. The van der Waals surface area contributed by atoms with Gasteiger partial charge in [-0.2, -0.15) is 0 Å². The molecule has 11 heteroatoms. The van der Waals surface area contributed by atoms with E-state index in [0.29, 0.717) is 37.1 Å². The molecule has 4 aliphatic rings. The van der Waals surface area contributed by atoms with Crippen LogP contribution in [0.15, 0.2) is 78.9 Å². The van der Waals surface area contributed by atoms with E-state index < -0.39 is 47.7 Å². The maximum atomic E-state index is 15.1. The van der Waals surface area contributed by atoms with Crippen molar-refractivity contribution in [3.63, 3.8) is 0 Å². The number of benzene rings is 2. The number of ether oxygens (including phenoxy) is 2. The summed E-state index contributed by atoms with van der Waals surface area (Å²) >= 11 is 0. The highest BCUT2D eigenvalue weighted by molar-refractivity contribution is 6.05. The number of hydrogen-bond acceptors (Lipinski definition) is 8. The Labute approximate surface area is 306 Å². The summed E-state index contributed by atoms with van der Waals surface area (Å²) < 4.78 is 12.9. The molecule has 6 rings (SSSR count). The monoisotopic (exact) mass is 712 g/mol. The van der Waals surface area contributed by atoms with Crippen LogP contribution in [0.1, 0.15) is 71.0 Å². The molecule has 0 aliphatic carbocycles. The fourth-order valence-electron chi connectivity index (χ4n) is 8.33. The van der Waals surface area contributed by atoms with E-state index in [0.717, 1.165) is 31.6 Å². The quantitative estimate of drug-likeness (QED) is 0.195. The van der Waals surface area contributed by atoms with Gasteiger partial charge in [-0.3, -0.25) is 19.2 Å². The first kappa shape index (κ1) is 37.3. The summed E-state index contributed by atoms with van der Waals surface area (Å²) in [6.45, 7) is 8.31. The Kier molecular flexibility index (Phi) is 11.8. The number of hydrogen-bond donors (Lipinski definition) is 2. The van der Waals surface area contributed by atoms with Gasteiger partial charge in [0.2, 0.25) is 11.8 Å². The Hall–Kier alpha value is -4.48. The van der Waals surface area contributed by atoms with Crippen LogP contribution in [0, 0.1) is 11.8 Å². The van der Waals surface area contributed by atoms with Crippen molar-refractivity contribution >= 4 is 35.1 Å². The van der Waals surface area contributed by atoms with Gasteiger partial charge in [-0.25, -0.2) is 0 Å². The minimum atomic E-state index is -1.35. The van der Waals surface area contributed by atoms with E-state index in [9.17, 15) is 19.5 Å². The van der Waals surface area contributed by atoms with Crippen molar-refractivity contribution in [3.05, 3.63) is 84.5 Å². The number of aliphatic hydroxyl groups is 1. The number of carbonyl (C=O) groups is 4. The Morgan fingerprint density at radius 3 is 2.37 bits per heavy atom. The molecule has 0 radical (unpaired) electrons. The molecule has 2 aromatic rings. The van der Waals surface area contributed by atoms with E-state index in [1.165, 1.54) is 0 Å². The van der Waals surface area contributed by atoms with Crippen molar-refractivity contribution in [1.29, 1.82) is 0 Å². The van der Waals surface area contributed by atoms with E-state index >= 15 is 4.79 Å². The van der Waals surface area contributed by atoms with Gasteiger partial charge in [-0.1, -0.05) is 67.5 Å². The average molecular weight is 713 g/mol. The Bertz CT molecular complexity index is 1640. The lowest BCUT2D eigenvalue weighted by Gasteiger charge is -2.36. The van der Waals surface area contributed by atoms with Crippen molar-refractivity contribution in [2.45, 2.75) is 89.2 Å². The predicted molar refractivity (Wildman–Crippen MR) is 198 cm³/mol. The number of aliphatic hydroxyl groups excluding tert-OH is 1. The second-order valence-electron chi connectivity index (χ2n) is 14.1. The average Bonchev–Trinajstić information content (AvgIpc) is 3.80. The van der Waals surface area contributed by atoms with Crippen molar-refractivity contribution in [2.24, 2.45) is 11.8 Å². The highest BCUT2D eigenvalue weighted by atomic mass is 16.6. The lowest BCUT2D eigenvalue weighted by Crippen LogP contribution is -2.56. The van der Waals surface area contributed by atoms with Crippen LogP contribution in [0.25, 0.3) is 0 Å². The molecule has 2 saturated heterocycles. The molecular formula is C41H52N4O7. The van der Waals surface area contributed by atoms with E-state index in [1.807, 2.05) is 79.7 Å². The standard InChI is InChI=1S/C41H52N4O7/c1-4-43(5-2)30-19-21-31(22-20-30)44-25-14-9-12-18-33(47)42-28(3)36(29-16-10-8-11-17-29)51-40(50)34-32-23-24-41(52-32)35(34)38(48)45(37(41)39(44)49)26-13-6-7-15-27-46/h8-11,14,16-17,19-24,28,32,34-37,46H,4-7,12-13,15,18,25-27H2,1-3H3,(H,42,47)/b14-9-/t28-,32+,34-,35-,36+,37+,41-/m1/s1. The lowest BCUT2D eigenvalue weighted by molar-refractivity contribution is -0.161. The van der Waals surface area contributed by atoms with Crippen LogP contribution in [0.4, 0.5) is 11.4 Å². The van der Waals surface area contributed by atoms with Crippen molar-refractivity contribution in [1.82, 2.24) is 10.2 Å². The van der Waals surface area contributed by atoms with Gasteiger partial charge in [0.1, 0.15) is 23.7 Å². The van der Waals surface area contributed by atoms with E-state index in [2.05, 4.69) is 24.1 Å². The largest absolute Gasteiger partial charge is 0.455 e. The molecule has 4 heterocycles. The second-order valence-corrected chi connectivity index (χ2v) is 14.1. The number of nitrogens with one attached hydrogen (secondary N) is 1. The van der Waals surface area contributed by atoms with Crippen LogP contribution in [0.5, 0.6) is 0 Å². The highest BCUT2D eigenvalue weighted by Gasteiger charge is 2.73. The molecule has 0 saturated carbocycles. The first-order valence-electron chi connectivity index (χ1n) is 18.9. The number of amides is 3. The van der Waals surface area contributed by atoms with E-state index in [-0.39, 0.29) is 37.3 Å². The van der Waals surface area contributed by atoms with Gasteiger partial charge in [-0.05, 0) is 69.9 Å². The second kappa shape index (κ2) is 16.5. The number of unbranched alkanes of at least 4 members (excludes halogenated alkanes) is 3. The minimum Gasteiger partial charge on any atom is -0.455 e. The number of likely N-dealkylation sites (tertiary alicyclic amines) is 1. The predicted octanol–water partition coefficient (Wildman–Crippen LogP) is 4.71. The molecular weight excluding hydrogens is 660 g/mol. The normalized spacial score (nSPS) is 29.6. The SMILES string of the molecule is CCN(CC)c1ccc(N2C/C=C\CCC(=O)N[C@H](C)[C@@H](c3ccccc3)OC(=O)[C@@H]3[C@@H]4C=C[C@]5(O4)[C@H](C2=O)N(CCCCCCO)C(=O)[C@@H]35)cc1. The van der Waals surface area contributed by atoms with E-state index in [4.69, 9.17) is 9.47 Å². The molecule has 1 spiro atoms. The number of anilines is 2. The zero-order chi connectivity index (χ0) is 36.8. The van der Waals surface area contributed by atoms with Crippen LogP contribution in [-0.4, -0.2) is 90.3 Å². The number of rotatable bonds is 11. The summed E-state index contributed by atoms with van der Waals surface area (Å²) in [7, 11) is 0. The first-order chi connectivity index (χ1) is 25.2. The van der Waals surface area contributed by atoms with Crippen molar-refractivity contribution in [3.8, 4) is 0 Å². The van der Waals surface area contributed by atoms with Crippen LogP contribution in [0.3, 0.4) is 0 Å². The summed E-state index contributed by atoms with van der Waals surface area (Å²) in [5.41, 5.74) is 1.07. The zero-order valence-corrected chi connectivity index (χ0v) is 30.5. The van der Waals surface area contributed by atoms with E-state index in [1.54, 1.807) is 15.9 Å². The number of carbonyl (C=O) groups excluding carboxylic acids is 4. The summed E-state index contributed by atoms with van der Waals surface area (Å²) in [4.78, 5) is 62.7. The Morgan fingerprint density at radius 2 is 1.65 bits per heavy atom. The smallest absolute Gasteiger partial charge is 0.313 e. The highest BCUT2D eigenvalue weighted by Crippen LogP contribution is 2.56. The lowest BCUT2D eigenvalue weighted by atomic mass is 9.74. The van der Waals surface area contributed by atoms with Crippen LogP contribution >= 0.6 is 0 Å². The fourth-order valence-corrected chi connectivity index (χ4v) is 8.33. The first-order valence-corrected chi connectivity index (χ1v) is 18.9. The summed E-state index contributed by atoms with van der Waals surface area (Å²) in [5.74, 6) is -3.33. The fraction of sp³-hybridized carbons (Fsp3) is 0.512. The minimum absolute atomic E-state index is 0.0978. The number of nitrogens with zero attached hydrogens (tertiary/aromatic N) is 3. The number of esters is 1. The van der Waals surface area contributed by atoms with Crippen molar-refractivity contribution < 1.29 is 33.8 Å². The van der Waals surface area contributed by atoms with Crippen molar-refractivity contribution in [2.75, 3.05) is 42.6 Å². The number of cyclic esters (lactones) is 1. The molecule has 0 aromatic heterocycles. The number of allylic oxidation sites excluding steroid dienone is 1. The van der Waals surface area contributed by atoms with Gasteiger partial charge >= 0.3 is 5.97 Å². The summed E-state index contributed by atoms with van der Waals surface area (Å²) in [6, 6.07) is 15.5. The Morgan fingerprint density at radius 1 is 0.923 bits per heavy atom. The maximum Gasteiger partial charge on any atom is 0.313 e. The summed E-state index contributed by atoms with van der Waals surface area (Å²) in [6.07, 6.45) is 9.37. The molecule has 7 atom stereocenters. The molecule has 52 heavy (non-hydrogen) atoms. The maximum absolute atomic E-state index is 15.1. The van der Waals surface area contributed by atoms with Crippen LogP contribution in [-0.2, 0) is 28.7 Å². The molecule has 11 nitrogen and oxygen atoms in total. The van der Waals surface area contributed by atoms with Gasteiger partial charge < -0.3 is 34.6 Å². The Balaban J connectivity index is 1.41. The van der Waals surface area contributed by atoms with Gasteiger partial charge in [-0.15, -0.1) is 0 Å². The molecule has 5 bridgehead atoms. The van der Waals surface area contributed by atoms with Gasteiger partial charge in [0.15, 0.2) is 0 Å². The van der Waals surface area contributed by atoms with Crippen LogP contribution < -0.4 is 15.1 Å². The molecule has 3 amide bonds. The van der Waals surface area contributed by atoms with Gasteiger partial charge in [0.05, 0.1) is 18.1 Å². The molecule has 2 aromatic carbocycles. The molecule has 4 aliphatic heterocycles. The molecule has 0 unspecified atom stereocenters. The molecule has 278 valence electrons. The third-order valence-corrected chi connectivity index (χ3v) is 10.9. The van der Waals surface area contributed by atoms with Crippen LogP contribution in [0.2, 0.25) is 0 Å².